The summed E-state index contributed by atoms with van der Waals surface area (Å²) in [6.07, 6.45) is -0.494. The second kappa shape index (κ2) is 20.5. The molecule has 17 nitrogen and oxygen atoms in total. The Labute approximate surface area is 373 Å². The highest BCUT2D eigenvalue weighted by Crippen LogP contribution is 2.40. The molecule has 5 atom stereocenters. The number of carbonyl (C=O) groups is 5. The summed E-state index contributed by atoms with van der Waals surface area (Å²) in [7, 11) is 1.38. The van der Waals surface area contributed by atoms with Crippen molar-refractivity contribution in [3.63, 3.8) is 0 Å². The van der Waals surface area contributed by atoms with E-state index in [-0.39, 0.29) is 60.3 Å². The molecule has 17 heteroatoms. The molecule has 0 aliphatic carbocycles. The van der Waals surface area contributed by atoms with Crippen LogP contribution in [0.1, 0.15) is 85.5 Å². The molecule has 0 saturated heterocycles. The van der Waals surface area contributed by atoms with E-state index in [0.29, 0.717) is 34.1 Å². The summed E-state index contributed by atoms with van der Waals surface area (Å²) in [5.41, 5.74) is 16.1. The number of nitriles is 1. The quantitative estimate of drug-likeness (QED) is 0.101. The van der Waals surface area contributed by atoms with Crippen LogP contribution in [0.25, 0.3) is 22.5 Å². The monoisotopic (exact) mass is 874 g/mol. The highest BCUT2D eigenvalue weighted by atomic mass is 16.5. The van der Waals surface area contributed by atoms with Gasteiger partial charge in [-0.15, -0.1) is 0 Å². The van der Waals surface area contributed by atoms with Crippen molar-refractivity contribution in [2.75, 3.05) is 26.7 Å². The topological polar surface area (TPSA) is 268 Å². The van der Waals surface area contributed by atoms with E-state index in [9.17, 15) is 29.1 Å². The Morgan fingerprint density at radius 3 is 2.27 bits per heavy atom. The van der Waals surface area contributed by atoms with Gasteiger partial charge < -0.3 is 47.5 Å². The first-order valence-corrected chi connectivity index (χ1v) is 21.1. The van der Waals surface area contributed by atoms with Gasteiger partial charge in [0.1, 0.15) is 48.3 Å². The van der Waals surface area contributed by atoms with E-state index >= 15 is 0 Å². The Balaban J connectivity index is 1.54. The minimum absolute atomic E-state index is 0.0105. The van der Waals surface area contributed by atoms with Crippen molar-refractivity contribution in [3.05, 3.63) is 94.3 Å². The summed E-state index contributed by atoms with van der Waals surface area (Å²) in [5.74, 6) is -2.88. The fraction of sp³-hybridized carbons (Fsp3) is 0.404. The number of phenolic OH excluding ortho intramolecular Hbond substituents is 1. The minimum atomic E-state index is -1.44. The van der Waals surface area contributed by atoms with E-state index in [1.54, 1.807) is 39.0 Å². The lowest BCUT2D eigenvalue weighted by molar-refractivity contribution is -0.141. The summed E-state index contributed by atoms with van der Waals surface area (Å²) >= 11 is 0. The predicted molar refractivity (Wildman–Crippen MR) is 241 cm³/mol. The van der Waals surface area contributed by atoms with Gasteiger partial charge in [-0.05, 0) is 87.0 Å². The van der Waals surface area contributed by atoms with Crippen LogP contribution < -0.4 is 37.5 Å². The molecular weight excluding hydrogens is 817 g/mol. The van der Waals surface area contributed by atoms with Crippen molar-refractivity contribution >= 4 is 29.5 Å². The number of nitrogens with one attached hydrogen (secondary N) is 4. The lowest BCUT2D eigenvalue weighted by Crippen LogP contribution is -2.56. The first-order chi connectivity index (χ1) is 30.3. The number of amides is 5. The molecule has 1 aliphatic heterocycles. The van der Waals surface area contributed by atoms with Crippen LogP contribution in [0.2, 0.25) is 0 Å². The van der Waals surface area contributed by atoms with Crippen LogP contribution in [0.5, 0.6) is 11.5 Å². The Bertz CT molecular complexity index is 2420. The number of likely N-dealkylation sites (N-methyl/N-ethyl adjacent to an activating group) is 1. The molecule has 64 heavy (non-hydrogen) atoms. The number of nitrogens with two attached hydrogens (primary N) is 2. The lowest BCUT2D eigenvalue weighted by Gasteiger charge is -2.32. The number of ether oxygens (including phenoxy) is 1. The van der Waals surface area contributed by atoms with E-state index in [2.05, 4.69) is 52.0 Å². The zero-order valence-electron chi connectivity index (χ0n) is 37.5. The Hall–Kier alpha value is -6.90. The molecule has 5 rings (SSSR count). The number of aromatic hydroxyl groups is 1. The summed E-state index contributed by atoms with van der Waals surface area (Å²) in [5, 5.41) is 31.1. The Morgan fingerprint density at radius 1 is 0.984 bits per heavy atom. The first-order valence-electron chi connectivity index (χ1n) is 21.1. The highest BCUT2D eigenvalue weighted by molar-refractivity contribution is 6.00. The molecular formula is C47H58N10O7. The second-order valence-electron chi connectivity index (χ2n) is 17.0. The molecule has 9 N–H and O–H groups in total. The predicted octanol–water partition coefficient (Wildman–Crippen LogP) is 2.99. The van der Waals surface area contributed by atoms with Crippen LogP contribution in [0.4, 0.5) is 0 Å². The fourth-order valence-corrected chi connectivity index (χ4v) is 7.44. The number of rotatable bonds is 12. The zero-order valence-corrected chi connectivity index (χ0v) is 37.5. The normalized spacial score (nSPS) is 17.4. The number of hydrogen-bond donors (Lipinski definition) is 7. The third-order valence-corrected chi connectivity index (χ3v) is 11.0. The lowest BCUT2D eigenvalue weighted by atomic mass is 9.86. The number of hydrogen-bond acceptors (Lipinski definition) is 12. The number of phenols is 1. The van der Waals surface area contributed by atoms with Gasteiger partial charge in [-0.1, -0.05) is 57.2 Å². The number of carbonyl (C=O) groups excluding carboxylic acids is 5. The maximum Gasteiger partial charge on any atom is 0.255 e. The highest BCUT2D eigenvalue weighted by Gasteiger charge is 2.36. The van der Waals surface area contributed by atoms with Crippen LogP contribution >= 0.6 is 0 Å². The largest absolute Gasteiger partial charge is 0.507 e. The van der Waals surface area contributed by atoms with Gasteiger partial charge in [0.2, 0.25) is 23.6 Å². The molecule has 0 radical (unpaired) electrons. The number of aryl methyl sites for hydroxylation is 2. The van der Waals surface area contributed by atoms with Crippen LogP contribution in [0.3, 0.4) is 0 Å². The molecule has 4 aromatic rings. The molecule has 4 bridgehead atoms. The third-order valence-electron chi connectivity index (χ3n) is 11.0. The molecule has 0 saturated carbocycles. The Morgan fingerprint density at radius 2 is 1.66 bits per heavy atom. The molecule has 0 spiro atoms. The van der Waals surface area contributed by atoms with Crippen LogP contribution in [0.15, 0.2) is 60.7 Å². The average Bonchev–Trinajstić information content (AvgIpc) is 3.25. The van der Waals surface area contributed by atoms with Gasteiger partial charge in [0.15, 0.2) is 5.82 Å². The maximum absolute atomic E-state index is 14.6. The van der Waals surface area contributed by atoms with E-state index in [0.717, 1.165) is 16.0 Å². The molecule has 2 heterocycles. The Kier molecular flexibility index (Phi) is 15.4. The molecule has 338 valence electrons. The van der Waals surface area contributed by atoms with Crippen LogP contribution in [-0.4, -0.2) is 100 Å². The van der Waals surface area contributed by atoms with Gasteiger partial charge >= 0.3 is 0 Å². The van der Waals surface area contributed by atoms with Crippen molar-refractivity contribution in [2.24, 2.45) is 11.5 Å². The molecule has 1 aliphatic rings. The third kappa shape index (κ3) is 11.2. The van der Waals surface area contributed by atoms with Gasteiger partial charge in [0, 0.05) is 36.7 Å². The van der Waals surface area contributed by atoms with E-state index in [4.69, 9.17) is 21.5 Å². The number of fused-ring (bicyclic) bond motifs is 5. The van der Waals surface area contributed by atoms with Crippen molar-refractivity contribution < 1.29 is 33.8 Å². The second-order valence-corrected chi connectivity index (χ2v) is 17.0. The number of aromatic nitrogens is 2. The molecule has 3 aromatic carbocycles. The first kappa shape index (κ1) is 48.1. The van der Waals surface area contributed by atoms with Crippen molar-refractivity contribution in [1.82, 2.24) is 36.1 Å². The zero-order chi connectivity index (χ0) is 47.0. The van der Waals surface area contributed by atoms with Gasteiger partial charge in [-0.2, -0.15) is 5.26 Å². The minimum Gasteiger partial charge on any atom is -0.507 e. The van der Waals surface area contributed by atoms with Gasteiger partial charge in [-0.25, -0.2) is 9.97 Å². The van der Waals surface area contributed by atoms with Crippen LogP contribution in [0, 0.1) is 25.2 Å². The van der Waals surface area contributed by atoms with Gasteiger partial charge in [-0.3, -0.25) is 24.0 Å². The standard InChI is InChI=1S/C47H58N10O7/c1-25(24-50)64-38-16-9-29-21-34(38)33-23-31(12-15-37(33)58)40(45(62)54-28(4)42(59)56-36(22-29)43(60)51-20-19-49)57(8)46(63)35(17-18-48)55-44(61)39-26(2)52-41(53-27(39)3)30-10-13-32(14-11-30)47(5,6)7/h9-16,21,23,25,28,35-36,40,58H,17-18,20,22,24,48,50H2,1-8H3,(H,51,60)(H,54,62)(H,55,61)(H,56,59). The van der Waals surface area contributed by atoms with E-state index < -0.39 is 59.8 Å². The van der Waals surface area contributed by atoms with Crippen molar-refractivity contribution in [3.8, 4) is 40.1 Å². The van der Waals surface area contributed by atoms with E-state index in [1.165, 1.54) is 32.2 Å². The van der Waals surface area contributed by atoms with Crippen molar-refractivity contribution in [2.45, 2.75) is 97.0 Å². The summed E-state index contributed by atoms with van der Waals surface area (Å²) in [6, 6.07) is 14.1. The van der Waals surface area contributed by atoms with Crippen molar-refractivity contribution in [1.29, 1.82) is 5.26 Å². The van der Waals surface area contributed by atoms with E-state index in [1.807, 2.05) is 30.3 Å². The maximum atomic E-state index is 14.6. The average molecular weight is 875 g/mol. The SMILES string of the molecule is Cc1nc(-c2ccc(C(C)(C)C)cc2)nc(C)c1C(=O)NC(CCN)C(=O)N(C)C1C(=O)NC(C)C(=O)NC(C(=O)NCC#N)Cc2ccc(OC(C)CN)c(c2)-c2cc1ccc2O. The summed E-state index contributed by atoms with van der Waals surface area (Å²) < 4.78 is 6.15. The molecule has 5 unspecified atom stereocenters. The summed E-state index contributed by atoms with van der Waals surface area (Å²) in [4.78, 5) is 80.5. The summed E-state index contributed by atoms with van der Waals surface area (Å²) in [6.45, 7) is 12.8. The molecule has 1 aromatic heterocycles. The number of benzene rings is 3. The van der Waals surface area contributed by atoms with Crippen LogP contribution in [-0.2, 0) is 31.0 Å². The van der Waals surface area contributed by atoms with Gasteiger partial charge in [0.05, 0.1) is 23.0 Å². The van der Waals surface area contributed by atoms with Gasteiger partial charge in [0.25, 0.3) is 5.91 Å². The molecule has 0 fully saturated rings. The smallest absolute Gasteiger partial charge is 0.255 e. The number of nitrogens with zero attached hydrogens (tertiary/aromatic N) is 4. The fourth-order valence-electron chi connectivity index (χ4n) is 7.44. The molecule has 5 amide bonds.